The number of likely N-dealkylation sites (tertiary alicyclic amines) is 1. The van der Waals surface area contributed by atoms with Gasteiger partial charge in [0.2, 0.25) is 5.91 Å². The first-order valence-corrected chi connectivity index (χ1v) is 17.1. The van der Waals surface area contributed by atoms with Crippen molar-refractivity contribution >= 4 is 33.8 Å². The third-order valence-corrected chi connectivity index (χ3v) is 10.1. The van der Waals surface area contributed by atoms with Crippen molar-refractivity contribution in [2.24, 2.45) is 5.92 Å². The Labute approximate surface area is 283 Å². The number of amides is 2. The normalized spacial score (nSPS) is 20.9. The highest BCUT2D eigenvalue weighted by atomic mass is 16.7. The number of H-pyrrole nitrogens is 2. The number of carbonyl (C=O) groups excluding carboxylic acids is 2. The van der Waals surface area contributed by atoms with Crippen molar-refractivity contribution in [2.45, 2.75) is 57.0 Å². The minimum atomic E-state index is -0.903. The summed E-state index contributed by atoms with van der Waals surface area (Å²) >= 11 is 0. The lowest BCUT2D eigenvalue weighted by Crippen LogP contribution is -2.52. The van der Waals surface area contributed by atoms with Gasteiger partial charge in [-0.25, -0.2) is 14.8 Å². The number of nitrogens with zero attached hydrogens (tertiary/aromatic N) is 3. The summed E-state index contributed by atoms with van der Waals surface area (Å²) in [5, 5.41) is 8.52. The molecule has 0 unspecified atom stereocenters. The van der Waals surface area contributed by atoms with E-state index in [9.17, 15) is 9.59 Å². The summed E-state index contributed by atoms with van der Waals surface area (Å²) in [5.41, 5.74) is 6.11. The zero-order chi connectivity index (χ0) is 33.7. The molecule has 3 atom stereocenters. The van der Waals surface area contributed by atoms with Crippen LogP contribution in [0.4, 0.5) is 4.79 Å². The number of ether oxygens (including phenoxy) is 3. The molecule has 12 nitrogen and oxygen atoms in total. The molecular weight excluding hydrogens is 622 g/mol. The molecule has 3 aromatic carbocycles. The molecule has 0 radical (unpaired) electrons. The number of rotatable bonds is 7. The van der Waals surface area contributed by atoms with Crippen LogP contribution in [-0.4, -0.2) is 82.1 Å². The van der Waals surface area contributed by atoms with Crippen LogP contribution in [0.3, 0.4) is 0 Å². The number of hydrogen-bond acceptors (Lipinski definition) is 8. The lowest BCUT2D eigenvalue weighted by molar-refractivity contribution is -0.153. The molecule has 3 aliphatic rings. The van der Waals surface area contributed by atoms with Gasteiger partial charge in [-0.1, -0.05) is 56.3 Å². The first kappa shape index (κ1) is 31.5. The number of hydrogen-bond donors (Lipinski definition) is 4. The lowest BCUT2D eigenvalue weighted by Gasteiger charge is -2.30. The van der Waals surface area contributed by atoms with E-state index in [0.29, 0.717) is 31.5 Å². The summed E-state index contributed by atoms with van der Waals surface area (Å²) in [5.74, 6) is 0.345. The molecule has 1 spiro atoms. The SMILES string of the molecule is COC(=O)N[C@H](C(=O)N1CC2(C[C@H]1c1ncc(-c3ccc(-c4ccc5c(ccc6[nH]c([C@@H]7CCCN7)nc65)c4)cc3)[nH]1)OCCO2)C(C)C. The van der Waals surface area contributed by atoms with E-state index in [0.717, 1.165) is 63.0 Å². The Bertz CT molecular complexity index is 2010. The number of methoxy groups -OCH3 is 1. The first-order chi connectivity index (χ1) is 23.8. The van der Waals surface area contributed by atoms with E-state index in [-0.39, 0.29) is 18.4 Å². The number of nitrogens with one attached hydrogen (secondary N) is 4. The first-order valence-electron chi connectivity index (χ1n) is 17.1. The van der Waals surface area contributed by atoms with Crippen molar-refractivity contribution in [1.82, 2.24) is 35.5 Å². The maximum Gasteiger partial charge on any atom is 0.407 e. The number of aromatic amines is 2. The van der Waals surface area contributed by atoms with Gasteiger partial charge in [-0.2, -0.15) is 0 Å². The van der Waals surface area contributed by atoms with Gasteiger partial charge in [-0.15, -0.1) is 0 Å². The van der Waals surface area contributed by atoms with Crippen molar-refractivity contribution in [1.29, 1.82) is 0 Å². The summed E-state index contributed by atoms with van der Waals surface area (Å²) in [7, 11) is 1.28. The number of aromatic nitrogens is 4. The van der Waals surface area contributed by atoms with E-state index < -0.39 is 24.0 Å². The third-order valence-electron chi connectivity index (χ3n) is 10.1. The maximum absolute atomic E-state index is 13.9. The topological polar surface area (TPSA) is 146 Å². The molecule has 2 amide bonds. The Kier molecular flexibility index (Phi) is 8.09. The fraction of sp³-hybridized carbons (Fsp3) is 0.405. The molecule has 254 valence electrons. The fourth-order valence-electron chi connectivity index (χ4n) is 7.48. The highest BCUT2D eigenvalue weighted by Crippen LogP contribution is 2.43. The summed E-state index contributed by atoms with van der Waals surface area (Å²) in [6.45, 7) is 5.97. The summed E-state index contributed by atoms with van der Waals surface area (Å²) in [6, 6.07) is 18.3. The molecule has 3 aliphatic heterocycles. The van der Waals surface area contributed by atoms with Gasteiger partial charge in [-0.05, 0) is 59.5 Å². The molecule has 5 aromatic rings. The van der Waals surface area contributed by atoms with E-state index in [2.05, 4.69) is 75.2 Å². The number of alkyl carbamates (subject to hydrolysis) is 1. The van der Waals surface area contributed by atoms with Crippen molar-refractivity contribution in [3.05, 3.63) is 72.4 Å². The molecule has 0 bridgehead atoms. The number of fused-ring (bicyclic) bond motifs is 3. The van der Waals surface area contributed by atoms with Crippen molar-refractivity contribution in [3.8, 4) is 22.4 Å². The standard InChI is InChI=1S/C37H41N7O5/c1-21(2)31(43-36(46)47-3)35(45)44-20-37(48-15-16-49-37)18-30(44)34-39-19-29(41-34)23-8-6-22(7-9-23)24-10-12-26-25(17-24)11-13-27-32(26)42-33(40-27)28-5-4-14-38-28/h6-13,17,19,21,28,30-31,38H,4-5,14-16,18,20H2,1-3H3,(H,39,41)(H,40,42)(H,43,46)/t28-,30-,31-/m0/s1. The van der Waals surface area contributed by atoms with Gasteiger partial charge in [0.05, 0.1) is 61.9 Å². The Morgan fingerprint density at radius 2 is 1.78 bits per heavy atom. The highest BCUT2D eigenvalue weighted by Gasteiger charge is 2.52. The van der Waals surface area contributed by atoms with Crippen molar-refractivity contribution in [3.63, 3.8) is 0 Å². The van der Waals surface area contributed by atoms with Gasteiger partial charge < -0.3 is 39.7 Å². The monoisotopic (exact) mass is 663 g/mol. The van der Waals surface area contributed by atoms with E-state index in [1.54, 1.807) is 11.1 Å². The quantitative estimate of drug-likeness (QED) is 0.176. The van der Waals surface area contributed by atoms with Crippen LogP contribution in [-0.2, 0) is 19.0 Å². The molecule has 8 rings (SSSR count). The molecule has 0 aliphatic carbocycles. The van der Waals surface area contributed by atoms with Gasteiger partial charge in [0.1, 0.15) is 17.7 Å². The largest absolute Gasteiger partial charge is 0.453 e. The minimum Gasteiger partial charge on any atom is -0.453 e. The second-order valence-corrected chi connectivity index (χ2v) is 13.6. The number of imidazole rings is 2. The van der Waals surface area contributed by atoms with Gasteiger partial charge in [0.25, 0.3) is 0 Å². The van der Waals surface area contributed by atoms with Gasteiger partial charge in [-0.3, -0.25) is 4.79 Å². The molecule has 49 heavy (non-hydrogen) atoms. The number of carbonyl (C=O) groups is 2. The molecular formula is C37H41N7O5. The van der Waals surface area contributed by atoms with Gasteiger partial charge in [0.15, 0.2) is 5.79 Å². The minimum absolute atomic E-state index is 0.166. The smallest absolute Gasteiger partial charge is 0.407 e. The predicted molar refractivity (Wildman–Crippen MR) is 184 cm³/mol. The second kappa shape index (κ2) is 12.6. The molecule has 12 heteroatoms. The van der Waals surface area contributed by atoms with Crippen LogP contribution in [0.1, 0.15) is 56.8 Å². The Hall–Kier alpha value is -4.78. The van der Waals surface area contributed by atoms with Crippen molar-refractivity contribution in [2.75, 3.05) is 33.4 Å². The van der Waals surface area contributed by atoms with Crippen LogP contribution in [0.25, 0.3) is 44.2 Å². The second-order valence-electron chi connectivity index (χ2n) is 13.6. The van der Waals surface area contributed by atoms with Crippen LogP contribution in [0, 0.1) is 5.92 Å². The van der Waals surface area contributed by atoms with Crippen LogP contribution >= 0.6 is 0 Å². The van der Waals surface area contributed by atoms with E-state index in [4.69, 9.17) is 24.2 Å². The van der Waals surface area contributed by atoms with Gasteiger partial charge in [0, 0.05) is 11.8 Å². The number of benzene rings is 3. The van der Waals surface area contributed by atoms with E-state index >= 15 is 0 Å². The molecule has 3 fully saturated rings. The van der Waals surface area contributed by atoms with Crippen LogP contribution in [0.5, 0.6) is 0 Å². The van der Waals surface area contributed by atoms with Crippen LogP contribution < -0.4 is 10.6 Å². The average molecular weight is 664 g/mol. The summed E-state index contributed by atoms with van der Waals surface area (Å²) in [4.78, 5) is 44.4. The van der Waals surface area contributed by atoms with E-state index in [1.165, 1.54) is 13.5 Å². The maximum atomic E-state index is 13.9. The molecule has 4 N–H and O–H groups in total. The lowest BCUT2D eigenvalue weighted by atomic mass is 9.99. The van der Waals surface area contributed by atoms with Crippen LogP contribution in [0.2, 0.25) is 0 Å². The Morgan fingerprint density at radius 1 is 1.00 bits per heavy atom. The Balaban J connectivity index is 1.03. The van der Waals surface area contributed by atoms with Crippen LogP contribution in [0.15, 0.2) is 60.8 Å². The summed E-state index contributed by atoms with van der Waals surface area (Å²) < 4.78 is 16.8. The highest BCUT2D eigenvalue weighted by molar-refractivity contribution is 6.05. The molecule has 3 saturated heterocycles. The van der Waals surface area contributed by atoms with Gasteiger partial charge >= 0.3 is 6.09 Å². The molecule has 2 aromatic heterocycles. The van der Waals surface area contributed by atoms with Crippen molar-refractivity contribution < 1.29 is 23.8 Å². The Morgan fingerprint density at radius 3 is 2.51 bits per heavy atom. The zero-order valence-corrected chi connectivity index (χ0v) is 27.9. The summed E-state index contributed by atoms with van der Waals surface area (Å²) in [6.07, 6.45) is 3.85. The predicted octanol–water partition coefficient (Wildman–Crippen LogP) is 5.59. The zero-order valence-electron chi connectivity index (χ0n) is 27.9. The fourth-order valence-corrected chi connectivity index (χ4v) is 7.48. The average Bonchev–Trinajstić information content (AvgIpc) is 3.97. The molecule has 0 saturated carbocycles. The van der Waals surface area contributed by atoms with E-state index in [1.807, 2.05) is 13.8 Å². The third kappa shape index (κ3) is 5.83. The molecule has 5 heterocycles.